The van der Waals surface area contributed by atoms with Crippen LogP contribution in [0.1, 0.15) is 23.6 Å². The van der Waals surface area contributed by atoms with Crippen molar-refractivity contribution in [1.82, 2.24) is 0 Å². The molecule has 0 aliphatic rings. The summed E-state index contributed by atoms with van der Waals surface area (Å²) in [6.45, 7) is 7.56. The van der Waals surface area contributed by atoms with Crippen LogP contribution in [0.2, 0.25) is 5.02 Å². The highest BCUT2D eigenvalue weighted by molar-refractivity contribution is 7.87. The van der Waals surface area contributed by atoms with Crippen molar-refractivity contribution in [2.75, 3.05) is 11.9 Å². The number of hydrogen-bond acceptors (Lipinski definition) is 6. The highest BCUT2D eigenvalue weighted by atomic mass is 35.5. The molecule has 0 heterocycles. The van der Waals surface area contributed by atoms with E-state index in [-0.39, 0.29) is 35.0 Å². The Bertz CT molecular complexity index is 1470. The van der Waals surface area contributed by atoms with Crippen LogP contribution in [0.25, 0.3) is 6.08 Å². The molecule has 0 saturated heterocycles. The predicted molar refractivity (Wildman–Crippen MR) is 144 cm³/mol. The number of carbonyl (C=O) groups excluding carboxylic acids is 1. The van der Waals surface area contributed by atoms with Crippen molar-refractivity contribution in [3.8, 4) is 17.6 Å². The molecular weight excluding hydrogens is 512 g/mol. The second-order valence-electron chi connectivity index (χ2n) is 7.91. The quantitative estimate of drug-likeness (QED) is 0.145. The van der Waals surface area contributed by atoms with Crippen molar-refractivity contribution in [3.63, 3.8) is 0 Å². The van der Waals surface area contributed by atoms with E-state index >= 15 is 0 Å². The molecule has 0 aromatic heterocycles. The fourth-order valence-electron chi connectivity index (χ4n) is 3.34. The number of hydrogen-bond donors (Lipinski definition) is 1. The van der Waals surface area contributed by atoms with E-state index in [2.05, 4.69) is 11.9 Å². The lowest BCUT2D eigenvalue weighted by atomic mass is 10.0. The summed E-state index contributed by atoms with van der Waals surface area (Å²) in [5, 5.41) is 12.8. The first-order chi connectivity index (χ1) is 17.7. The molecule has 0 unspecified atom stereocenters. The van der Waals surface area contributed by atoms with Crippen LogP contribution in [0.15, 0.2) is 83.8 Å². The van der Waals surface area contributed by atoms with Gasteiger partial charge in [0.2, 0.25) is 0 Å². The Hall–Kier alpha value is -4.06. The average Bonchev–Trinajstić information content (AvgIpc) is 2.86. The highest BCUT2D eigenvalue weighted by Gasteiger charge is 2.23. The lowest BCUT2D eigenvalue weighted by molar-refractivity contribution is -0.112. The van der Waals surface area contributed by atoms with Crippen molar-refractivity contribution in [2.24, 2.45) is 0 Å². The van der Waals surface area contributed by atoms with Crippen LogP contribution in [0.4, 0.5) is 5.69 Å². The molecule has 9 heteroatoms. The molecule has 0 saturated carbocycles. The molecule has 0 fully saturated rings. The monoisotopic (exact) mass is 536 g/mol. The summed E-state index contributed by atoms with van der Waals surface area (Å²) in [4.78, 5) is 12.7. The van der Waals surface area contributed by atoms with Gasteiger partial charge in [-0.3, -0.25) is 4.79 Å². The normalized spacial score (nSPS) is 11.4. The van der Waals surface area contributed by atoms with E-state index in [1.165, 1.54) is 24.3 Å². The van der Waals surface area contributed by atoms with Gasteiger partial charge in [0.15, 0.2) is 11.5 Å². The number of carbonyl (C=O) groups is 1. The van der Waals surface area contributed by atoms with Crippen LogP contribution in [-0.4, -0.2) is 20.9 Å². The molecule has 0 aliphatic heterocycles. The third kappa shape index (κ3) is 7.23. The van der Waals surface area contributed by atoms with E-state index in [9.17, 15) is 18.5 Å². The van der Waals surface area contributed by atoms with Crippen LogP contribution < -0.4 is 14.2 Å². The number of ether oxygens (including phenoxy) is 1. The standard InChI is InChI=1S/C28H25ClN2O5S/c1-4-6-21-15-20(16-22(18-30)28(32)31-24-11-9-23(29)10-12-24)17-26(35-5-2)27(21)36-37(33,34)25-13-7-19(3)8-14-25/h4,7-17H,1,5-6H2,2-3H3,(H,31,32)/b22-16+. The van der Waals surface area contributed by atoms with Gasteiger partial charge in [-0.1, -0.05) is 35.4 Å². The molecule has 0 bridgehead atoms. The summed E-state index contributed by atoms with van der Waals surface area (Å²) >= 11 is 5.88. The second-order valence-corrected chi connectivity index (χ2v) is 9.90. The Balaban J connectivity index is 2.01. The molecule has 3 aromatic rings. The predicted octanol–water partition coefficient (Wildman–Crippen LogP) is 6.09. The molecule has 37 heavy (non-hydrogen) atoms. The summed E-state index contributed by atoms with van der Waals surface area (Å²) in [6.07, 6.45) is 3.22. The average molecular weight is 537 g/mol. The first-order valence-electron chi connectivity index (χ1n) is 11.3. The minimum atomic E-state index is -4.16. The summed E-state index contributed by atoms with van der Waals surface area (Å²) < 4.78 is 37.2. The van der Waals surface area contributed by atoms with Gasteiger partial charge in [0.25, 0.3) is 5.91 Å². The number of nitrogens with zero attached hydrogens (tertiary/aromatic N) is 1. The fraction of sp³-hybridized carbons (Fsp3) is 0.143. The number of rotatable bonds is 10. The van der Waals surface area contributed by atoms with Crippen molar-refractivity contribution < 1.29 is 22.1 Å². The zero-order chi connectivity index (χ0) is 27.0. The number of allylic oxidation sites excluding steroid dienone is 1. The van der Waals surface area contributed by atoms with Gasteiger partial charge < -0.3 is 14.2 Å². The first-order valence-corrected chi connectivity index (χ1v) is 13.1. The number of nitriles is 1. The molecule has 0 spiro atoms. The van der Waals surface area contributed by atoms with Crippen LogP contribution in [0, 0.1) is 18.3 Å². The van der Waals surface area contributed by atoms with Crippen molar-refractivity contribution in [2.45, 2.75) is 25.2 Å². The molecule has 3 aromatic carbocycles. The second kappa shape index (κ2) is 12.3. The molecule has 1 N–H and O–H groups in total. The maximum atomic E-state index is 13.0. The third-order valence-electron chi connectivity index (χ3n) is 5.10. The van der Waals surface area contributed by atoms with Gasteiger partial charge in [-0.15, -0.1) is 6.58 Å². The van der Waals surface area contributed by atoms with Gasteiger partial charge in [0.05, 0.1) is 6.61 Å². The van der Waals surface area contributed by atoms with Crippen LogP contribution in [-0.2, 0) is 21.3 Å². The van der Waals surface area contributed by atoms with Gasteiger partial charge in [-0.25, -0.2) is 0 Å². The van der Waals surface area contributed by atoms with E-state index < -0.39 is 16.0 Å². The zero-order valence-electron chi connectivity index (χ0n) is 20.3. The maximum absolute atomic E-state index is 13.0. The maximum Gasteiger partial charge on any atom is 0.339 e. The van der Waals surface area contributed by atoms with Crippen LogP contribution in [0.5, 0.6) is 11.5 Å². The number of benzene rings is 3. The van der Waals surface area contributed by atoms with Crippen molar-refractivity contribution in [3.05, 3.63) is 101 Å². The Kier molecular flexibility index (Phi) is 9.12. The molecule has 3 rings (SSSR count). The lowest BCUT2D eigenvalue weighted by Gasteiger charge is -2.16. The third-order valence-corrected chi connectivity index (χ3v) is 6.59. The SMILES string of the molecule is C=CCc1cc(/C=C(\C#N)C(=O)Nc2ccc(Cl)cc2)cc(OCC)c1OS(=O)(=O)c1ccc(C)cc1. The molecule has 0 radical (unpaired) electrons. The summed E-state index contributed by atoms with van der Waals surface area (Å²) in [6, 6.07) is 17.8. The summed E-state index contributed by atoms with van der Waals surface area (Å²) in [7, 11) is -4.16. The Labute approximate surface area is 221 Å². The van der Waals surface area contributed by atoms with Gasteiger partial charge in [-0.05, 0) is 80.4 Å². The van der Waals surface area contributed by atoms with Crippen LogP contribution in [0.3, 0.4) is 0 Å². The lowest BCUT2D eigenvalue weighted by Crippen LogP contribution is -2.14. The number of nitrogens with one attached hydrogen (secondary N) is 1. The van der Waals surface area contributed by atoms with Crippen molar-refractivity contribution in [1.29, 1.82) is 5.26 Å². The minimum Gasteiger partial charge on any atom is -0.490 e. The summed E-state index contributed by atoms with van der Waals surface area (Å²) in [5.41, 5.74) is 2.12. The number of amides is 1. The van der Waals surface area contributed by atoms with E-state index in [4.69, 9.17) is 20.5 Å². The topological polar surface area (TPSA) is 105 Å². The molecular formula is C28H25ClN2O5S. The number of aryl methyl sites for hydroxylation is 1. The Morgan fingerprint density at radius 2 is 1.81 bits per heavy atom. The van der Waals surface area contributed by atoms with Gasteiger partial charge in [-0.2, -0.15) is 13.7 Å². The summed E-state index contributed by atoms with van der Waals surface area (Å²) in [5.74, 6) is -0.446. The minimum absolute atomic E-state index is 0.000267. The van der Waals surface area contributed by atoms with E-state index in [1.807, 2.05) is 13.0 Å². The van der Waals surface area contributed by atoms with Gasteiger partial charge in [0.1, 0.15) is 16.5 Å². The van der Waals surface area contributed by atoms with Gasteiger partial charge >= 0.3 is 10.1 Å². The largest absolute Gasteiger partial charge is 0.490 e. The molecule has 0 aliphatic carbocycles. The van der Waals surface area contributed by atoms with E-state index in [0.29, 0.717) is 21.8 Å². The molecule has 7 nitrogen and oxygen atoms in total. The van der Waals surface area contributed by atoms with E-state index in [0.717, 1.165) is 5.56 Å². The fourth-order valence-corrected chi connectivity index (χ4v) is 4.44. The number of halogens is 1. The highest BCUT2D eigenvalue weighted by Crippen LogP contribution is 2.37. The smallest absolute Gasteiger partial charge is 0.339 e. The van der Waals surface area contributed by atoms with Gasteiger partial charge in [0, 0.05) is 16.3 Å². The van der Waals surface area contributed by atoms with Crippen molar-refractivity contribution >= 4 is 39.4 Å². The molecule has 1 amide bonds. The first kappa shape index (κ1) is 27.5. The molecule has 0 atom stereocenters. The van der Waals surface area contributed by atoms with E-state index in [1.54, 1.807) is 55.5 Å². The van der Waals surface area contributed by atoms with Crippen LogP contribution >= 0.6 is 11.6 Å². The zero-order valence-corrected chi connectivity index (χ0v) is 21.9. The Morgan fingerprint density at radius 3 is 2.41 bits per heavy atom. The Morgan fingerprint density at radius 1 is 1.14 bits per heavy atom. The molecule has 190 valence electrons. The number of anilines is 1.